The molecule has 0 radical (unpaired) electrons. The number of carbonyl (C=O) groups excluding carboxylic acids is 1. The van der Waals surface area contributed by atoms with Gasteiger partial charge >= 0.3 is 12.1 Å². The van der Waals surface area contributed by atoms with Crippen LogP contribution in [0, 0.1) is 0 Å². The molecule has 1 heterocycles. The Morgan fingerprint density at radius 1 is 1.41 bits per heavy atom. The minimum Gasteiger partial charge on any atom is -0.464 e. The van der Waals surface area contributed by atoms with Crippen LogP contribution in [0.1, 0.15) is 30.0 Å². The lowest BCUT2D eigenvalue weighted by molar-refractivity contribution is -0.141. The van der Waals surface area contributed by atoms with Crippen molar-refractivity contribution in [3.8, 4) is 0 Å². The van der Waals surface area contributed by atoms with Crippen molar-refractivity contribution < 1.29 is 22.7 Å². The third kappa shape index (κ3) is 4.18. The molecule has 1 rings (SSSR count). The van der Waals surface area contributed by atoms with Gasteiger partial charge in [0.25, 0.3) is 0 Å². The molecule has 0 aromatic carbocycles. The van der Waals surface area contributed by atoms with Gasteiger partial charge in [0, 0.05) is 0 Å². The topological polar surface area (TPSA) is 52.1 Å². The number of methoxy groups -OCH3 is 1. The lowest BCUT2D eigenvalue weighted by Gasteiger charge is -2.06. The first-order chi connectivity index (χ1) is 7.86. The maximum atomic E-state index is 12.2. The average molecular weight is 271 g/mol. The fraction of sp³-hybridized carbons (Fsp3) is 0.444. The summed E-state index contributed by atoms with van der Waals surface area (Å²) in [5, 5.41) is -0.435. The quantitative estimate of drug-likeness (QED) is 0.736. The molecule has 96 valence electrons. The van der Waals surface area contributed by atoms with E-state index >= 15 is 0 Å². The van der Waals surface area contributed by atoms with Gasteiger partial charge in [-0.05, 0) is 0 Å². The van der Waals surface area contributed by atoms with Crippen LogP contribution >= 0.6 is 11.6 Å². The highest BCUT2D eigenvalue weighted by Crippen LogP contribution is 2.28. The first kappa shape index (κ1) is 15.6. The van der Waals surface area contributed by atoms with Gasteiger partial charge in [0.15, 0.2) is 16.5 Å². The van der Waals surface area contributed by atoms with Crippen molar-refractivity contribution in [2.75, 3.05) is 7.11 Å². The molecule has 0 bridgehead atoms. The van der Waals surface area contributed by atoms with E-state index in [4.69, 9.17) is 11.6 Å². The third-order valence-corrected chi connectivity index (χ3v) is 1.67. The molecule has 0 N–H and O–H groups in total. The standard InChI is InChI=1S/C7H4ClF3N2O2.C2H6/c1-15-6(14)4-5(8)12-2-3(13-4)7(9,10)11;1-2/h2H,1H3;1-2H3. The summed E-state index contributed by atoms with van der Waals surface area (Å²) in [5.74, 6) is -1.07. The van der Waals surface area contributed by atoms with E-state index in [9.17, 15) is 18.0 Å². The summed E-state index contributed by atoms with van der Waals surface area (Å²) in [6.45, 7) is 4.00. The number of nitrogens with zero attached hydrogens (tertiary/aromatic N) is 2. The Labute approximate surface area is 101 Å². The Balaban J connectivity index is 0.00000121. The summed E-state index contributed by atoms with van der Waals surface area (Å²) in [4.78, 5) is 17.2. The lowest BCUT2D eigenvalue weighted by atomic mass is 10.4. The van der Waals surface area contributed by atoms with E-state index in [2.05, 4.69) is 14.7 Å². The Morgan fingerprint density at radius 2 is 1.94 bits per heavy atom. The van der Waals surface area contributed by atoms with Crippen molar-refractivity contribution >= 4 is 17.6 Å². The van der Waals surface area contributed by atoms with Crippen LogP contribution in [0.3, 0.4) is 0 Å². The van der Waals surface area contributed by atoms with E-state index in [1.807, 2.05) is 13.8 Å². The van der Waals surface area contributed by atoms with E-state index in [1.165, 1.54) is 0 Å². The predicted molar refractivity (Wildman–Crippen MR) is 54.7 cm³/mol. The first-order valence-corrected chi connectivity index (χ1v) is 4.92. The van der Waals surface area contributed by atoms with E-state index in [1.54, 1.807) is 0 Å². The molecule has 0 saturated carbocycles. The number of alkyl halides is 3. The second-order valence-corrected chi connectivity index (χ2v) is 2.74. The summed E-state index contributed by atoms with van der Waals surface area (Å²) in [6.07, 6.45) is -4.24. The first-order valence-electron chi connectivity index (χ1n) is 4.54. The Kier molecular flexibility index (Phi) is 5.87. The number of esters is 1. The van der Waals surface area contributed by atoms with Crippen LogP contribution in [0.15, 0.2) is 6.20 Å². The number of halogens is 4. The van der Waals surface area contributed by atoms with Crippen molar-refractivity contribution in [3.05, 3.63) is 22.7 Å². The molecular formula is C9H10ClF3N2O2. The summed E-state index contributed by atoms with van der Waals surface area (Å²) in [7, 11) is 1.00. The van der Waals surface area contributed by atoms with Gasteiger partial charge in [-0.3, -0.25) is 0 Å². The summed E-state index contributed by atoms with van der Waals surface area (Å²) in [5.41, 5.74) is -1.96. The predicted octanol–water partition coefficient (Wildman–Crippen LogP) is 2.96. The van der Waals surface area contributed by atoms with E-state index in [-0.39, 0.29) is 0 Å². The van der Waals surface area contributed by atoms with Gasteiger partial charge in [-0.1, -0.05) is 25.4 Å². The zero-order chi connectivity index (χ0) is 13.6. The van der Waals surface area contributed by atoms with Crippen molar-refractivity contribution in [2.24, 2.45) is 0 Å². The van der Waals surface area contributed by atoms with Gasteiger partial charge in [0.1, 0.15) is 0 Å². The van der Waals surface area contributed by atoms with Crippen LogP contribution in [0.5, 0.6) is 0 Å². The zero-order valence-corrected chi connectivity index (χ0v) is 10.1. The summed E-state index contributed by atoms with van der Waals surface area (Å²) >= 11 is 5.38. The minimum atomic E-state index is -4.68. The maximum Gasteiger partial charge on any atom is 0.434 e. The summed E-state index contributed by atoms with van der Waals surface area (Å²) < 4.78 is 40.7. The fourth-order valence-electron chi connectivity index (χ4n) is 0.738. The molecule has 0 amide bonds. The van der Waals surface area contributed by atoms with Crippen LogP contribution in [-0.2, 0) is 10.9 Å². The van der Waals surface area contributed by atoms with Gasteiger partial charge in [-0.2, -0.15) is 13.2 Å². The van der Waals surface area contributed by atoms with Gasteiger partial charge in [-0.15, -0.1) is 0 Å². The number of carbonyl (C=O) groups is 1. The largest absolute Gasteiger partial charge is 0.464 e. The third-order valence-electron chi connectivity index (χ3n) is 1.40. The van der Waals surface area contributed by atoms with Crippen LogP contribution in [-0.4, -0.2) is 23.0 Å². The molecule has 0 aliphatic carbocycles. The Morgan fingerprint density at radius 3 is 2.35 bits per heavy atom. The number of hydrogen-bond acceptors (Lipinski definition) is 4. The Hall–Kier alpha value is -1.37. The Bertz CT molecular complexity index is 396. The zero-order valence-electron chi connectivity index (χ0n) is 9.30. The van der Waals surface area contributed by atoms with E-state index < -0.39 is 28.7 Å². The smallest absolute Gasteiger partial charge is 0.434 e. The van der Waals surface area contributed by atoms with Crippen molar-refractivity contribution in [3.63, 3.8) is 0 Å². The SMILES string of the molecule is CC.COC(=O)c1nc(C(F)(F)F)cnc1Cl. The molecular weight excluding hydrogens is 261 g/mol. The minimum absolute atomic E-state index is 0.435. The molecule has 0 saturated heterocycles. The highest BCUT2D eigenvalue weighted by Gasteiger charge is 2.34. The van der Waals surface area contributed by atoms with E-state index in [0.717, 1.165) is 7.11 Å². The fourth-order valence-corrected chi connectivity index (χ4v) is 0.906. The molecule has 17 heavy (non-hydrogen) atoms. The molecule has 0 spiro atoms. The molecule has 1 aromatic rings. The van der Waals surface area contributed by atoms with E-state index in [0.29, 0.717) is 6.20 Å². The van der Waals surface area contributed by atoms with Crippen molar-refractivity contribution in [1.29, 1.82) is 0 Å². The van der Waals surface area contributed by atoms with Crippen LogP contribution in [0.25, 0.3) is 0 Å². The van der Waals surface area contributed by atoms with Crippen LogP contribution < -0.4 is 0 Å². The van der Waals surface area contributed by atoms with Crippen molar-refractivity contribution in [1.82, 2.24) is 9.97 Å². The van der Waals surface area contributed by atoms with Crippen molar-refractivity contribution in [2.45, 2.75) is 20.0 Å². The number of aromatic nitrogens is 2. The molecule has 0 fully saturated rings. The van der Waals surface area contributed by atoms with Gasteiger partial charge in [0.05, 0.1) is 13.3 Å². The second-order valence-electron chi connectivity index (χ2n) is 2.38. The molecule has 8 heteroatoms. The van der Waals surface area contributed by atoms with Crippen LogP contribution in [0.2, 0.25) is 5.15 Å². The molecule has 1 aromatic heterocycles. The molecule has 0 atom stereocenters. The second kappa shape index (κ2) is 6.39. The molecule has 0 unspecified atom stereocenters. The number of ether oxygens (including phenoxy) is 1. The average Bonchev–Trinajstić information content (AvgIpc) is 2.30. The monoisotopic (exact) mass is 270 g/mol. The van der Waals surface area contributed by atoms with Gasteiger partial charge in [0.2, 0.25) is 0 Å². The number of rotatable bonds is 1. The molecule has 0 aliphatic heterocycles. The molecule has 0 aliphatic rings. The highest BCUT2D eigenvalue weighted by molar-refractivity contribution is 6.32. The summed E-state index contributed by atoms with van der Waals surface area (Å²) in [6, 6.07) is 0. The maximum absolute atomic E-state index is 12.2. The highest BCUT2D eigenvalue weighted by atomic mass is 35.5. The van der Waals surface area contributed by atoms with Gasteiger partial charge < -0.3 is 4.74 Å². The van der Waals surface area contributed by atoms with Crippen LogP contribution in [0.4, 0.5) is 13.2 Å². The lowest BCUT2D eigenvalue weighted by Crippen LogP contribution is -2.14. The number of hydrogen-bond donors (Lipinski definition) is 0. The molecule has 4 nitrogen and oxygen atoms in total. The normalized spacial score (nSPS) is 10.3. The van der Waals surface area contributed by atoms with Gasteiger partial charge in [-0.25, -0.2) is 14.8 Å².